The molecule has 129 heavy (non-hydrogen) atoms. The number of halogens is 1. The molecule has 12 atom stereocenters. The first-order valence-electron chi connectivity index (χ1n) is 45.8. The standard InChI is InChI=1S/C34H61O7PSeSi2.C26H40O5SeSi2.C25H34O7.C14H25IO2.CH4/c1-12-13-14-15-25(2)32-28(40-34(3,4)41-32)16-17-30(43-42)27-22-26(37-18-20-44(6,7)8)23-29(39-24-36-5)31(27)33(35)38-19-21-45(9,10)11;1-28-20-31-24-18-22(29-13-15-33(2,3)4)17-21(19-32-23-11-9-8-10-12-23)25(24)26(27)30-14-16-34(5,6)7;1-15-10-11-16(2)23-20(31-25(4,5)32-23)9-7-8-18-12-19(26)13-21(29-14-28-6)22(18)24(27)30-17(15)3;1-5-6-7-8-11(2)13-12(9-10-15)16-14(3,4)17-13;/h14-15,22-23,25,28,30,32,42-43H,12-13,16-21,24H2,1-11H3;8-12,17-18H,13-16,19-20H2,1-7H3;7-8,10-13,15-17,20,23,26H,9,14H2,1-6H3;7-8,11-13H,5-6,9-10H2,1-4H3;1H4/b15-14-;;8-7+,11-10-;8-7-;/t25?,28-,30?,32+;;15-,16?,17+,20+,23-;11?,12-,13+;/m0.10./s1. The summed E-state index contributed by atoms with van der Waals surface area (Å²) in [5.74, 6) is 0.315. The maximum atomic E-state index is 13.8. The number of hydrogen-bond donors (Lipinski definition) is 1. The fourth-order valence-corrected chi connectivity index (χ4v) is 22.4. The van der Waals surface area contributed by atoms with E-state index in [0.717, 1.165) is 89.3 Å². The van der Waals surface area contributed by atoms with Crippen LogP contribution >= 0.6 is 30.1 Å². The molecule has 29 heteroatoms. The number of methoxy groups -OCH3 is 3. The van der Waals surface area contributed by atoms with Crippen molar-refractivity contribution in [2.75, 3.05) is 72.6 Å². The van der Waals surface area contributed by atoms with E-state index in [9.17, 15) is 19.5 Å². The van der Waals surface area contributed by atoms with Gasteiger partial charge < -0.3 is 38.3 Å². The molecule has 1 N–H and O–H groups in total. The third-order valence-corrected chi connectivity index (χ3v) is 34.7. The summed E-state index contributed by atoms with van der Waals surface area (Å²) in [6, 6.07) is 24.8. The number of carbonyl (C=O) groups is 3. The van der Waals surface area contributed by atoms with Crippen LogP contribution in [0.5, 0.6) is 34.5 Å². The number of carbonyl (C=O) groups excluding carboxylic acids is 3. The molecule has 4 heterocycles. The quantitative estimate of drug-likeness (QED) is 0.00635. The van der Waals surface area contributed by atoms with Gasteiger partial charge in [-0.2, -0.15) is 0 Å². The molecule has 4 aliphatic heterocycles. The summed E-state index contributed by atoms with van der Waals surface area (Å²) >= 11 is 2.22. The molecule has 4 aromatic rings. The molecule has 0 radical (unpaired) electrons. The van der Waals surface area contributed by atoms with Crippen LogP contribution in [0.15, 0.2) is 109 Å². The number of esters is 3. The summed E-state index contributed by atoms with van der Waals surface area (Å²) in [5, 5.41) is 11.0. The Morgan fingerprint density at radius 1 is 0.597 bits per heavy atom. The van der Waals surface area contributed by atoms with Crippen molar-refractivity contribution in [3.05, 3.63) is 143 Å². The van der Waals surface area contributed by atoms with Gasteiger partial charge in [0.15, 0.2) is 18.4 Å². The van der Waals surface area contributed by atoms with E-state index in [1.165, 1.54) is 30.1 Å². The van der Waals surface area contributed by atoms with Crippen LogP contribution in [0.4, 0.5) is 0 Å². The zero-order chi connectivity index (χ0) is 95.4. The number of unbranched alkanes of at least 4 members (excludes halogenated alkanes) is 2. The fourth-order valence-electron chi connectivity index (χ4n) is 14.3. The van der Waals surface area contributed by atoms with Crippen LogP contribution in [-0.4, -0.2) is 217 Å². The molecule has 0 aliphatic carbocycles. The number of fused-ring (bicyclic) bond motifs is 2. The molecule has 8 rings (SSSR count). The van der Waals surface area contributed by atoms with E-state index in [2.05, 4.69) is 192 Å². The van der Waals surface area contributed by atoms with E-state index >= 15 is 0 Å². The summed E-state index contributed by atoms with van der Waals surface area (Å²) in [4.78, 5) is 40.3. The van der Waals surface area contributed by atoms with E-state index < -0.39 is 55.6 Å². The van der Waals surface area contributed by atoms with Crippen LogP contribution in [0.25, 0.3) is 6.08 Å². The molecule has 4 aromatic carbocycles. The molecule has 21 nitrogen and oxygen atoms in total. The molecule has 3 saturated heterocycles. The Kier molecular flexibility index (Phi) is 51.7. The van der Waals surface area contributed by atoms with E-state index in [4.69, 9.17) is 80.5 Å². The van der Waals surface area contributed by atoms with Gasteiger partial charge in [0.1, 0.15) is 23.2 Å². The predicted molar refractivity (Wildman–Crippen MR) is 550 cm³/mol. The summed E-state index contributed by atoms with van der Waals surface area (Å²) < 4.78 is 102. The molecule has 4 unspecified atom stereocenters. The fraction of sp³-hybridized carbons (Fsp3) is 0.650. The molecule has 0 saturated carbocycles. The van der Waals surface area contributed by atoms with E-state index in [0.29, 0.717) is 72.7 Å². The van der Waals surface area contributed by atoms with Crippen molar-refractivity contribution >= 4 is 120 Å². The van der Waals surface area contributed by atoms with Crippen LogP contribution in [0.3, 0.4) is 0 Å². The number of rotatable bonds is 43. The summed E-state index contributed by atoms with van der Waals surface area (Å²) in [6.07, 6.45) is 24.4. The van der Waals surface area contributed by atoms with Gasteiger partial charge in [-0.25, -0.2) is 4.79 Å². The number of alkyl halides is 1. The second-order valence-corrected chi connectivity index (χ2v) is 68.8. The molecule has 0 amide bonds. The first-order chi connectivity index (χ1) is 60.1. The minimum absolute atomic E-state index is 0. The van der Waals surface area contributed by atoms with E-state index in [1.807, 2.05) is 97.9 Å². The number of phenolic OH excluding ortho intramolecular Hbond substituents is 1. The van der Waals surface area contributed by atoms with Gasteiger partial charge in [-0.1, -0.05) is 101 Å². The van der Waals surface area contributed by atoms with Crippen molar-refractivity contribution in [2.24, 2.45) is 23.7 Å². The monoisotopic (exact) mass is 2130 g/mol. The van der Waals surface area contributed by atoms with E-state index in [1.54, 1.807) is 26.4 Å². The van der Waals surface area contributed by atoms with Crippen LogP contribution < -0.4 is 28.1 Å². The van der Waals surface area contributed by atoms with Gasteiger partial charge in [-0.05, 0) is 65.5 Å². The van der Waals surface area contributed by atoms with Crippen molar-refractivity contribution < 1.29 is 100 Å². The first-order valence-corrected chi connectivity index (χ1v) is 68.6. The topological polar surface area (TPSA) is 228 Å². The number of allylic oxidation sites excluding steroid dienone is 2. The Morgan fingerprint density at radius 3 is 1.55 bits per heavy atom. The average molecular weight is 2130 g/mol. The number of hydrogen-bond acceptors (Lipinski definition) is 21. The van der Waals surface area contributed by atoms with Gasteiger partial charge in [0.05, 0.1) is 24.4 Å². The van der Waals surface area contributed by atoms with Gasteiger partial charge in [-0.3, -0.25) is 0 Å². The molecule has 0 aromatic heterocycles. The Hall–Kier alpha value is -4.37. The third-order valence-electron chi connectivity index (χ3n) is 21.6. The second kappa shape index (κ2) is 57.0. The van der Waals surface area contributed by atoms with Crippen molar-refractivity contribution in [1.82, 2.24) is 0 Å². The Balaban J connectivity index is 0.000000374. The van der Waals surface area contributed by atoms with Crippen molar-refractivity contribution in [2.45, 2.75) is 322 Å². The van der Waals surface area contributed by atoms with Gasteiger partial charge in [0, 0.05) is 35.4 Å². The Morgan fingerprint density at radius 2 is 1.06 bits per heavy atom. The third kappa shape index (κ3) is 43.3. The molecule has 3 fully saturated rings. The predicted octanol–water partition coefficient (Wildman–Crippen LogP) is 23.8. The van der Waals surface area contributed by atoms with Gasteiger partial charge in [0.2, 0.25) is 0 Å². The van der Waals surface area contributed by atoms with Crippen molar-refractivity contribution in [3.63, 3.8) is 0 Å². The van der Waals surface area contributed by atoms with Gasteiger partial charge in [-0.15, -0.1) is 0 Å². The normalized spacial score (nSPS) is 22.0. The number of cyclic esters (lactones) is 1. The molecular weight excluding hydrogens is 1970 g/mol. The number of phenols is 1. The zero-order valence-electron chi connectivity index (χ0n) is 82.6. The summed E-state index contributed by atoms with van der Waals surface area (Å²) in [5.41, 5.74) is 3.49. The average Bonchev–Trinajstić information content (AvgIpc) is 1.02. The van der Waals surface area contributed by atoms with Crippen LogP contribution in [0.1, 0.15) is 201 Å². The van der Waals surface area contributed by atoms with Crippen LogP contribution in [-0.2, 0) is 62.2 Å². The van der Waals surface area contributed by atoms with Crippen molar-refractivity contribution in [3.8, 4) is 34.5 Å². The van der Waals surface area contributed by atoms with Crippen LogP contribution in [0, 0.1) is 23.7 Å². The zero-order valence-corrected chi connectivity index (χ0v) is 93.3. The number of ether oxygens (including phenoxy) is 17. The molecule has 730 valence electrons. The van der Waals surface area contributed by atoms with Crippen LogP contribution in [0.2, 0.25) is 103 Å². The second-order valence-electron chi connectivity index (χ2n) is 39.8. The summed E-state index contributed by atoms with van der Waals surface area (Å²) in [7, 11) is 3.35. The molecule has 4 aliphatic rings. The SMILES string of the molecule is C.CCC/C=C\C(C)[C@H]1OC(C)(C)O[C@H]1CCC([SeH]=P)c1cc(OCC[Si](C)(C)C)cc(OCOC)c1C(=O)OCC[Si](C)(C)C.CCC/C=C\C(C)[C@H]1OC(C)(C)O[C@H]1CCI.COCOc1cc(O)cc2c1C(=O)O[C@@H](C)[C@H](C)/C=C\C(C)[C@H]1OC(C)(C)O[C@H]1C/C=C/2.COCOc1cc(OCC[Si](C)(C)C)cc(C[Se]c2ccccc2)c1C(=O)OCC[Si](C)(C)C. The van der Waals surface area contributed by atoms with E-state index in [-0.39, 0.29) is 151 Å². The van der Waals surface area contributed by atoms with Crippen molar-refractivity contribution in [1.29, 1.82) is 0 Å². The van der Waals surface area contributed by atoms with Gasteiger partial charge in [0.25, 0.3) is 0 Å². The minimum atomic E-state index is -1.39. The maximum absolute atomic E-state index is 13.8. The number of aromatic hydroxyl groups is 1. The summed E-state index contributed by atoms with van der Waals surface area (Å²) in [6.45, 7) is 56.4. The Labute approximate surface area is 808 Å². The van der Waals surface area contributed by atoms with Gasteiger partial charge >= 0.3 is 505 Å². The molecular formula is C100H164IO21PSe2Si4. The molecule has 0 bridgehead atoms. The Bertz CT molecular complexity index is 4140. The molecule has 0 spiro atoms. The first kappa shape index (κ1) is 117. The number of benzene rings is 4.